The summed E-state index contributed by atoms with van der Waals surface area (Å²) in [7, 11) is 1.65. The number of aromatic nitrogens is 3. The van der Waals surface area contributed by atoms with Gasteiger partial charge >= 0.3 is 0 Å². The van der Waals surface area contributed by atoms with Gasteiger partial charge in [-0.15, -0.1) is 0 Å². The molecule has 0 spiro atoms. The maximum atomic E-state index is 5.70. The zero-order chi connectivity index (χ0) is 15.5. The molecule has 6 nitrogen and oxygen atoms in total. The topological polar surface area (TPSA) is 63.3 Å². The second-order valence-corrected chi connectivity index (χ2v) is 5.60. The Balaban J connectivity index is 1.80. The fourth-order valence-electron chi connectivity index (χ4n) is 2.98. The highest BCUT2D eigenvalue weighted by Gasteiger charge is 2.28. The number of nitrogens with zero attached hydrogens (tertiary/aromatic N) is 3. The van der Waals surface area contributed by atoms with Gasteiger partial charge in [0.05, 0.1) is 44.0 Å². The third kappa shape index (κ3) is 2.98. The molecule has 0 saturated carbocycles. The molecule has 1 atom stereocenters. The summed E-state index contributed by atoms with van der Waals surface area (Å²) in [5.41, 5.74) is 4.43. The lowest BCUT2D eigenvalue weighted by molar-refractivity contribution is -0.0137. The summed E-state index contributed by atoms with van der Waals surface area (Å²) in [5.74, 6) is 0.781. The van der Waals surface area contributed by atoms with E-state index in [9.17, 15) is 0 Å². The highest BCUT2D eigenvalue weighted by atomic mass is 16.5. The number of hydrogen-bond donors (Lipinski definition) is 1. The number of methoxy groups -OCH3 is 1. The molecule has 2 aromatic rings. The fraction of sp³-hybridized carbons (Fsp3) is 0.500. The van der Waals surface area contributed by atoms with Crippen molar-refractivity contribution in [2.75, 3.05) is 26.9 Å². The van der Waals surface area contributed by atoms with Gasteiger partial charge in [-0.25, -0.2) is 0 Å². The molecule has 3 heterocycles. The van der Waals surface area contributed by atoms with Crippen LogP contribution in [0.25, 0.3) is 0 Å². The average Bonchev–Trinajstić information content (AvgIpc) is 2.88. The van der Waals surface area contributed by atoms with E-state index in [-0.39, 0.29) is 6.04 Å². The molecule has 0 aromatic carbocycles. The van der Waals surface area contributed by atoms with Crippen LogP contribution < -0.4 is 4.74 Å². The molecule has 118 valence electrons. The Hall–Kier alpha value is -1.92. The number of aryl methyl sites for hydroxylation is 2. The fourth-order valence-corrected chi connectivity index (χ4v) is 2.98. The number of pyridine rings is 1. The van der Waals surface area contributed by atoms with Crippen LogP contribution in [0, 0.1) is 13.8 Å². The Morgan fingerprint density at radius 2 is 2.27 bits per heavy atom. The highest BCUT2D eigenvalue weighted by molar-refractivity contribution is 5.28. The van der Waals surface area contributed by atoms with Crippen LogP contribution in [0.3, 0.4) is 0 Å². The number of aromatic amines is 1. The Bertz CT molecular complexity index is 604. The molecule has 1 unspecified atom stereocenters. The first-order chi connectivity index (χ1) is 10.7. The summed E-state index contributed by atoms with van der Waals surface area (Å²) >= 11 is 0. The van der Waals surface area contributed by atoms with E-state index in [4.69, 9.17) is 9.47 Å². The monoisotopic (exact) mass is 302 g/mol. The summed E-state index contributed by atoms with van der Waals surface area (Å²) < 4.78 is 10.9. The predicted octanol–water partition coefficient (Wildman–Crippen LogP) is 2.00. The van der Waals surface area contributed by atoms with Crippen LogP contribution in [0.5, 0.6) is 5.75 Å². The largest absolute Gasteiger partial charge is 0.495 e. The van der Waals surface area contributed by atoms with Crippen molar-refractivity contribution < 1.29 is 9.47 Å². The molecule has 1 N–H and O–H groups in total. The average molecular weight is 302 g/mol. The standard InChI is InChI=1S/C16H22N4O2/c1-11-16(12(2)19-18-11)15-10-22-7-6-20(15)9-13-4-5-14(21-3)8-17-13/h4-5,8,15H,6-7,9-10H2,1-3H3,(H,18,19). The van der Waals surface area contributed by atoms with E-state index in [1.807, 2.05) is 19.1 Å². The second-order valence-electron chi connectivity index (χ2n) is 5.60. The lowest BCUT2D eigenvalue weighted by Crippen LogP contribution is -2.39. The van der Waals surface area contributed by atoms with Crippen LogP contribution in [0.15, 0.2) is 18.3 Å². The van der Waals surface area contributed by atoms with Gasteiger partial charge in [0.25, 0.3) is 0 Å². The molecule has 1 aliphatic rings. The summed E-state index contributed by atoms with van der Waals surface area (Å²) in [6.07, 6.45) is 1.76. The predicted molar refractivity (Wildman–Crippen MR) is 82.8 cm³/mol. The van der Waals surface area contributed by atoms with E-state index in [2.05, 4.69) is 27.0 Å². The van der Waals surface area contributed by atoms with Crippen molar-refractivity contribution in [2.45, 2.75) is 26.4 Å². The van der Waals surface area contributed by atoms with E-state index < -0.39 is 0 Å². The van der Waals surface area contributed by atoms with E-state index in [1.54, 1.807) is 13.3 Å². The van der Waals surface area contributed by atoms with Gasteiger partial charge < -0.3 is 9.47 Å². The highest BCUT2D eigenvalue weighted by Crippen LogP contribution is 2.29. The van der Waals surface area contributed by atoms with E-state index in [1.165, 1.54) is 5.56 Å². The maximum Gasteiger partial charge on any atom is 0.137 e. The van der Waals surface area contributed by atoms with E-state index in [0.29, 0.717) is 6.61 Å². The number of nitrogens with one attached hydrogen (secondary N) is 1. The normalized spacial score (nSPS) is 19.3. The first-order valence-electron chi connectivity index (χ1n) is 7.51. The molecule has 1 aliphatic heterocycles. The number of ether oxygens (including phenoxy) is 2. The Kier molecular flexibility index (Phi) is 4.40. The minimum absolute atomic E-state index is 0.219. The minimum Gasteiger partial charge on any atom is -0.495 e. The summed E-state index contributed by atoms with van der Waals surface area (Å²) in [6.45, 7) is 7.23. The Morgan fingerprint density at radius 1 is 1.41 bits per heavy atom. The van der Waals surface area contributed by atoms with Gasteiger partial charge in [-0.05, 0) is 26.0 Å². The van der Waals surface area contributed by atoms with Gasteiger partial charge in [-0.3, -0.25) is 15.0 Å². The van der Waals surface area contributed by atoms with Crippen LogP contribution in [0.4, 0.5) is 0 Å². The molecule has 0 aliphatic carbocycles. The first kappa shape index (κ1) is 15.0. The smallest absolute Gasteiger partial charge is 0.137 e. The van der Waals surface area contributed by atoms with Crippen molar-refractivity contribution in [1.29, 1.82) is 0 Å². The third-order valence-electron chi connectivity index (χ3n) is 4.16. The first-order valence-corrected chi connectivity index (χ1v) is 7.51. The van der Waals surface area contributed by atoms with Crippen molar-refractivity contribution in [1.82, 2.24) is 20.1 Å². The molecule has 0 bridgehead atoms. The Morgan fingerprint density at radius 3 is 2.91 bits per heavy atom. The van der Waals surface area contributed by atoms with Crippen LogP contribution in [0.2, 0.25) is 0 Å². The van der Waals surface area contributed by atoms with Crippen molar-refractivity contribution in [3.05, 3.63) is 41.0 Å². The summed E-state index contributed by atoms with van der Waals surface area (Å²) in [5, 5.41) is 7.39. The molecule has 0 radical (unpaired) electrons. The van der Waals surface area contributed by atoms with Crippen LogP contribution in [0.1, 0.15) is 28.7 Å². The molecular weight excluding hydrogens is 280 g/mol. The van der Waals surface area contributed by atoms with Crippen LogP contribution in [-0.4, -0.2) is 46.9 Å². The Labute approximate surface area is 130 Å². The molecular formula is C16H22N4O2. The molecule has 1 saturated heterocycles. The van der Waals surface area contributed by atoms with Crippen molar-refractivity contribution >= 4 is 0 Å². The van der Waals surface area contributed by atoms with Crippen molar-refractivity contribution in [2.24, 2.45) is 0 Å². The van der Waals surface area contributed by atoms with E-state index in [0.717, 1.165) is 42.5 Å². The van der Waals surface area contributed by atoms with Crippen LogP contribution >= 0.6 is 0 Å². The second kappa shape index (κ2) is 6.46. The third-order valence-corrected chi connectivity index (χ3v) is 4.16. The number of H-pyrrole nitrogens is 1. The maximum absolute atomic E-state index is 5.70. The lowest BCUT2D eigenvalue weighted by Gasteiger charge is -2.35. The summed E-state index contributed by atoms with van der Waals surface area (Å²) in [4.78, 5) is 6.88. The number of hydrogen-bond acceptors (Lipinski definition) is 5. The molecule has 22 heavy (non-hydrogen) atoms. The minimum atomic E-state index is 0.219. The zero-order valence-corrected chi connectivity index (χ0v) is 13.3. The molecule has 3 rings (SSSR count). The van der Waals surface area contributed by atoms with Gasteiger partial charge in [0.1, 0.15) is 5.75 Å². The number of morpholine rings is 1. The summed E-state index contributed by atoms with van der Waals surface area (Å²) in [6, 6.07) is 4.18. The van der Waals surface area contributed by atoms with Crippen molar-refractivity contribution in [3.8, 4) is 5.75 Å². The van der Waals surface area contributed by atoms with Crippen LogP contribution in [-0.2, 0) is 11.3 Å². The SMILES string of the molecule is COc1ccc(CN2CCOCC2c2c(C)n[nH]c2C)nc1. The van der Waals surface area contributed by atoms with Gasteiger partial charge in [-0.2, -0.15) is 5.10 Å². The van der Waals surface area contributed by atoms with Gasteiger partial charge in [0.2, 0.25) is 0 Å². The lowest BCUT2D eigenvalue weighted by atomic mass is 10.0. The number of rotatable bonds is 4. The van der Waals surface area contributed by atoms with Gasteiger partial charge in [0, 0.05) is 24.3 Å². The zero-order valence-electron chi connectivity index (χ0n) is 13.3. The van der Waals surface area contributed by atoms with E-state index >= 15 is 0 Å². The van der Waals surface area contributed by atoms with Gasteiger partial charge in [-0.1, -0.05) is 0 Å². The molecule has 6 heteroatoms. The van der Waals surface area contributed by atoms with Gasteiger partial charge in [0.15, 0.2) is 0 Å². The quantitative estimate of drug-likeness (QED) is 0.936. The molecule has 0 amide bonds. The molecule has 1 fully saturated rings. The van der Waals surface area contributed by atoms with Crippen molar-refractivity contribution in [3.63, 3.8) is 0 Å². The molecule has 2 aromatic heterocycles.